The largest absolute Gasteiger partial charge is 0.478 e. The zero-order chi connectivity index (χ0) is 14.3. The number of hydrogen-bond donors (Lipinski definition) is 1. The van der Waals surface area contributed by atoms with Crippen molar-refractivity contribution < 1.29 is 9.90 Å². The Morgan fingerprint density at radius 3 is 2.65 bits per heavy atom. The Labute approximate surface area is 123 Å². The van der Waals surface area contributed by atoms with Crippen molar-refractivity contribution in [1.82, 2.24) is 14.6 Å². The Morgan fingerprint density at radius 2 is 1.95 bits per heavy atom. The van der Waals surface area contributed by atoms with E-state index in [4.69, 9.17) is 28.3 Å². The quantitative estimate of drug-likeness (QED) is 0.788. The summed E-state index contributed by atoms with van der Waals surface area (Å²) < 4.78 is 1.58. The molecule has 7 heteroatoms. The van der Waals surface area contributed by atoms with E-state index in [0.717, 1.165) is 0 Å². The van der Waals surface area contributed by atoms with E-state index in [1.54, 1.807) is 28.7 Å². The molecule has 0 saturated carbocycles. The van der Waals surface area contributed by atoms with Crippen LogP contribution < -0.4 is 0 Å². The molecule has 0 amide bonds. The number of aromatic carboxylic acids is 1. The predicted molar refractivity (Wildman–Crippen MR) is 75.4 cm³/mol. The van der Waals surface area contributed by atoms with Gasteiger partial charge >= 0.3 is 5.97 Å². The van der Waals surface area contributed by atoms with Gasteiger partial charge in [0.15, 0.2) is 11.5 Å². The predicted octanol–water partition coefficient (Wildman–Crippen LogP) is 3.40. The normalized spacial score (nSPS) is 10.9. The molecular formula is C13H7Cl2N3O2. The smallest absolute Gasteiger partial charge is 0.337 e. The van der Waals surface area contributed by atoms with E-state index in [-0.39, 0.29) is 5.56 Å². The van der Waals surface area contributed by atoms with E-state index in [2.05, 4.69) is 10.2 Å². The molecule has 0 spiro atoms. The van der Waals surface area contributed by atoms with Gasteiger partial charge in [0.25, 0.3) is 0 Å². The number of rotatable bonds is 2. The number of nitrogens with zero attached hydrogens (tertiary/aromatic N) is 3. The van der Waals surface area contributed by atoms with Crippen LogP contribution in [-0.4, -0.2) is 25.7 Å². The first kappa shape index (κ1) is 12.9. The number of halogens is 2. The molecular weight excluding hydrogens is 301 g/mol. The van der Waals surface area contributed by atoms with Crippen LogP contribution in [-0.2, 0) is 0 Å². The van der Waals surface area contributed by atoms with E-state index >= 15 is 0 Å². The Hall–Kier alpha value is -2.11. The van der Waals surface area contributed by atoms with Crippen molar-refractivity contribution in [2.24, 2.45) is 0 Å². The minimum Gasteiger partial charge on any atom is -0.478 e. The number of hydrogen-bond acceptors (Lipinski definition) is 3. The van der Waals surface area contributed by atoms with Crippen LogP contribution in [0.5, 0.6) is 0 Å². The lowest BCUT2D eigenvalue weighted by atomic mass is 10.2. The molecule has 5 nitrogen and oxygen atoms in total. The van der Waals surface area contributed by atoms with E-state index in [1.807, 2.05) is 0 Å². The van der Waals surface area contributed by atoms with Crippen LogP contribution >= 0.6 is 23.2 Å². The molecule has 0 aliphatic carbocycles. The molecule has 3 aromatic rings. The standard InChI is InChI=1S/C13H7Cl2N3O2/c14-8-2-3-9(10(15)5-8)12-17-16-11-4-1-7(13(19)20)6-18(11)12/h1-6H,(H,19,20). The maximum absolute atomic E-state index is 11.0. The fraction of sp³-hybridized carbons (Fsp3) is 0. The molecule has 3 rings (SSSR count). The number of aromatic nitrogens is 3. The van der Waals surface area contributed by atoms with Crippen molar-refractivity contribution in [3.63, 3.8) is 0 Å². The van der Waals surface area contributed by atoms with Gasteiger partial charge in [0, 0.05) is 16.8 Å². The highest BCUT2D eigenvalue weighted by molar-refractivity contribution is 6.36. The van der Waals surface area contributed by atoms with Gasteiger partial charge < -0.3 is 5.11 Å². The van der Waals surface area contributed by atoms with Crippen molar-refractivity contribution in [2.75, 3.05) is 0 Å². The van der Waals surface area contributed by atoms with E-state index in [0.29, 0.717) is 27.1 Å². The number of carboxylic acids is 1. The third kappa shape index (κ3) is 2.11. The molecule has 0 unspecified atom stereocenters. The average Bonchev–Trinajstić information content (AvgIpc) is 2.81. The van der Waals surface area contributed by atoms with E-state index in [1.165, 1.54) is 12.3 Å². The number of benzene rings is 1. The van der Waals surface area contributed by atoms with Gasteiger partial charge in [-0.25, -0.2) is 4.79 Å². The summed E-state index contributed by atoms with van der Waals surface area (Å²) in [6.45, 7) is 0. The molecule has 20 heavy (non-hydrogen) atoms. The summed E-state index contributed by atoms with van der Waals surface area (Å²) in [6, 6.07) is 8.06. The summed E-state index contributed by atoms with van der Waals surface area (Å²) in [5, 5.41) is 18.0. The zero-order valence-corrected chi connectivity index (χ0v) is 11.4. The molecule has 0 fully saturated rings. The van der Waals surface area contributed by atoms with Crippen LogP contribution in [0.3, 0.4) is 0 Å². The highest BCUT2D eigenvalue weighted by atomic mass is 35.5. The highest BCUT2D eigenvalue weighted by Gasteiger charge is 2.13. The van der Waals surface area contributed by atoms with Gasteiger partial charge in [0.1, 0.15) is 0 Å². The van der Waals surface area contributed by atoms with Gasteiger partial charge in [0.2, 0.25) is 0 Å². The van der Waals surface area contributed by atoms with E-state index < -0.39 is 5.97 Å². The minimum atomic E-state index is -1.02. The molecule has 2 aromatic heterocycles. The molecule has 2 heterocycles. The molecule has 0 aliphatic heterocycles. The lowest BCUT2D eigenvalue weighted by Crippen LogP contribution is -1.99. The van der Waals surface area contributed by atoms with Gasteiger partial charge in [-0.05, 0) is 30.3 Å². The van der Waals surface area contributed by atoms with Crippen molar-refractivity contribution in [2.45, 2.75) is 0 Å². The molecule has 0 atom stereocenters. The van der Waals surface area contributed by atoms with E-state index in [9.17, 15) is 4.79 Å². The number of pyridine rings is 1. The van der Waals surface area contributed by atoms with Crippen molar-refractivity contribution in [3.8, 4) is 11.4 Å². The molecule has 1 N–H and O–H groups in total. The van der Waals surface area contributed by atoms with Crippen LogP contribution in [0.25, 0.3) is 17.0 Å². The lowest BCUT2D eigenvalue weighted by molar-refractivity contribution is 0.0696. The zero-order valence-electron chi connectivity index (χ0n) is 9.92. The monoisotopic (exact) mass is 307 g/mol. The Morgan fingerprint density at radius 1 is 1.15 bits per heavy atom. The molecule has 0 saturated heterocycles. The Balaban J connectivity index is 2.25. The first-order valence-corrected chi connectivity index (χ1v) is 6.35. The summed E-state index contributed by atoms with van der Waals surface area (Å²) in [6.07, 6.45) is 1.46. The second-order valence-electron chi connectivity index (χ2n) is 4.10. The fourth-order valence-corrected chi connectivity index (χ4v) is 2.36. The topological polar surface area (TPSA) is 67.5 Å². The second kappa shape index (κ2) is 4.77. The molecule has 100 valence electrons. The minimum absolute atomic E-state index is 0.142. The maximum atomic E-state index is 11.0. The van der Waals surface area contributed by atoms with Crippen LogP contribution in [0.4, 0.5) is 0 Å². The summed E-state index contributed by atoms with van der Waals surface area (Å²) in [5.74, 6) is -0.557. The van der Waals surface area contributed by atoms with Crippen molar-refractivity contribution in [3.05, 3.63) is 52.1 Å². The number of carboxylic acid groups (broad SMARTS) is 1. The number of fused-ring (bicyclic) bond motifs is 1. The maximum Gasteiger partial charge on any atom is 0.337 e. The summed E-state index contributed by atoms with van der Waals surface area (Å²) in [4.78, 5) is 11.0. The first-order valence-electron chi connectivity index (χ1n) is 5.60. The van der Waals surface area contributed by atoms with Crippen molar-refractivity contribution >= 4 is 34.8 Å². The molecule has 0 bridgehead atoms. The fourth-order valence-electron chi connectivity index (χ4n) is 1.87. The molecule has 0 radical (unpaired) electrons. The SMILES string of the molecule is O=C(O)c1ccc2nnc(-c3ccc(Cl)cc3Cl)n2c1. The summed E-state index contributed by atoms with van der Waals surface area (Å²) >= 11 is 12.0. The number of carbonyl (C=O) groups is 1. The third-order valence-electron chi connectivity index (χ3n) is 2.82. The average molecular weight is 308 g/mol. The lowest BCUT2D eigenvalue weighted by Gasteiger charge is -2.04. The Bertz CT molecular complexity index is 830. The van der Waals surface area contributed by atoms with Crippen LogP contribution in [0.1, 0.15) is 10.4 Å². The first-order chi connectivity index (χ1) is 9.56. The van der Waals surface area contributed by atoms with Gasteiger partial charge in [-0.2, -0.15) is 0 Å². The van der Waals surface area contributed by atoms with Crippen LogP contribution in [0.2, 0.25) is 10.0 Å². The summed E-state index contributed by atoms with van der Waals surface area (Å²) in [7, 11) is 0. The van der Waals surface area contributed by atoms with Crippen LogP contribution in [0, 0.1) is 0 Å². The summed E-state index contributed by atoms with van der Waals surface area (Å²) in [5.41, 5.74) is 1.31. The van der Waals surface area contributed by atoms with Crippen LogP contribution in [0.15, 0.2) is 36.5 Å². The van der Waals surface area contributed by atoms with Gasteiger partial charge in [-0.15, -0.1) is 10.2 Å². The second-order valence-corrected chi connectivity index (χ2v) is 4.94. The highest BCUT2D eigenvalue weighted by Crippen LogP contribution is 2.29. The van der Waals surface area contributed by atoms with Gasteiger partial charge in [0.05, 0.1) is 10.6 Å². The van der Waals surface area contributed by atoms with Crippen molar-refractivity contribution in [1.29, 1.82) is 0 Å². The van der Waals surface area contributed by atoms with Gasteiger partial charge in [-0.3, -0.25) is 4.40 Å². The molecule has 0 aliphatic rings. The van der Waals surface area contributed by atoms with Gasteiger partial charge in [-0.1, -0.05) is 23.2 Å². The molecule has 1 aromatic carbocycles. The Kier molecular flexibility index (Phi) is 3.08. The third-order valence-corrected chi connectivity index (χ3v) is 3.37.